The van der Waals surface area contributed by atoms with E-state index in [1.807, 2.05) is 33.8 Å². The Kier molecular flexibility index (Phi) is 8.98. The number of halogens is 1. The minimum Gasteiger partial charge on any atom is -0.355 e. The zero-order valence-corrected chi connectivity index (χ0v) is 25.9. The second-order valence-electron chi connectivity index (χ2n) is 12.2. The fourth-order valence-electron chi connectivity index (χ4n) is 6.07. The zero-order valence-electron chi connectivity index (χ0n) is 25.9. The van der Waals surface area contributed by atoms with Gasteiger partial charge >= 0.3 is 0 Å². The van der Waals surface area contributed by atoms with Gasteiger partial charge in [0.2, 0.25) is 11.8 Å². The lowest BCUT2D eigenvalue weighted by Gasteiger charge is -2.32. The molecule has 2 aliphatic heterocycles. The molecule has 0 radical (unpaired) electrons. The molecule has 234 valence electrons. The molecule has 0 saturated carbocycles. The van der Waals surface area contributed by atoms with Crippen LogP contribution in [-0.2, 0) is 16.0 Å². The molecule has 0 aliphatic carbocycles. The van der Waals surface area contributed by atoms with Gasteiger partial charge in [0.25, 0.3) is 11.8 Å². The van der Waals surface area contributed by atoms with Crippen molar-refractivity contribution in [3.63, 3.8) is 0 Å². The first-order chi connectivity index (χ1) is 20.9. The summed E-state index contributed by atoms with van der Waals surface area (Å²) < 4.78 is 16.5. The third-order valence-electron chi connectivity index (χ3n) is 8.50. The summed E-state index contributed by atoms with van der Waals surface area (Å²) in [5, 5.41) is 10.5. The van der Waals surface area contributed by atoms with Crippen molar-refractivity contribution in [1.82, 2.24) is 35.0 Å². The first kappa shape index (κ1) is 31.1. The Hall–Kier alpha value is -4.35. The van der Waals surface area contributed by atoms with Crippen LogP contribution in [0, 0.1) is 32.5 Å². The SMILES string of the molecule is Cc1cc(C)n2nc(C)c(C(=O)N3CC(=O)NCCCc4ccc(F)c(c4)C(=O)N4CCC[C@H]4C(=O)N[C@H](C(C)C)C3)c2n1. The van der Waals surface area contributed by atoms with E-state index in [1.54, 1.807) is 17.5 Å². The van der Waals surface area contributed by atoms with Crippen LogP contribution in [0.1, 0.15) is 76.5 Å². The molecule has 2 atom stereocenters. The highest BCUT2D eigenvalue weighted by Gasteiger charge is 2.37. The van der Waals surface area contributed by atoms with Crippen molar-refractivity contribution >= 4 is 29.3 Å². The smallest absolute Gasteiger partial charge is 0.260 e. The molecular formula is C32H40FN7O4. The number of nitrogens with zero attached hydrogens (tertiary/aromatic N) is 5. The highest BCUT2D eigenvalue weighted by Crippen LogP contribution is 2.24. The summed E-state index contributed by atoms with van der Waals surface area (Å²) in [6.45, 7) is 9.80. The van der Waals surface area contributed by atoms with Crippen molar-refractivity contribution in [2.75, 3.05) is 26.2 Å². The lowest BCUT2D eigenvalue weighted by Crippen LogP contribution is -2.55. The number of carbonyl (C=O) groups excluding carboxylic acids is 4. The zero-order chi connectivity index (χ0) is 31.7. The Balaban J connectivity index is 1.50. The second kappa shape index (κ2) is 12.7. The van der Waals surface area contributed by atoms with Gasteiger partial charge in [-0.3, -0.25) is 19.2 Å². The third kappa shape index (κ3) is 6.29. The second-order valence-corrected chi connectivity index (χ2v) is 12.2. The number of amides is 4. The highest BCUT2D eigenvalue weighted by molar-refractivity contribution is 6.02. The molecule has 4 amide bonds. The van der Waals surface area contributed by atoms with Crippen molar-refractivity contribution in [3.8, 4) is 0 Å². The van der Waals surface area contributed by atoms with Crippen LogP contribution in [0.4, 0.5) is 4.39 Å². The molecule has 1 saturated heterocycles. The van der Waals surface area contributed by atoms with E-state index in [1.165, 1.54) is 21.9 Å². The number of fused-ring (bicyclic) bond motifs is 4. The van der Waals surface area contributed by atoms with Crippen LogP contribution in [0.5, 0.6) is 0 Å². The molecule has 1 fully saturated rings. The Bertz CT molecular complexity index is 1620. The predicted octanol–water partition coefficient (Wildman–Crippen LogP) is 2.74. The van der Waals surface area contributed by atoms with Gasteiger partial charge in [0.1, 0.15) is 17.4 Å². The number of benzene rings is 1. The normalized spacial score (nSPS) is 20.5. The van der Waals surface area contributed by atoms with Gasteiger partial charge in [0.15, 0.2) is 5.65 Å². The van der Waals surface area contributed by atoms with Gasteiger partial charge in [-0.2, -0.15) is 5.10 Å². The molecule has 11 nitrogen and oxygen atoms in total. The minimum absolute atomic E-state index is 0.0489. The first-order valence-electron chi connectivity index (χ1n) is 15.2. The molecular weight excluding hydrogens is 565 g/mol. The molecule has 44 heavy (non-hydrogen) atoms. The summed E-state index contributed by atoms with van der Waals surface area (Å²) in [5.41, 5.74) is 3.45. The summed E-state index contributed by atoms with van der Waals surface area (Å²) in [7, 11) is 0. The van der Waals surface area contributed by atoms with Crippen LogP contribution in [-0.4, -0.2) is 86.3 Å². The summed E-state index contributed by atoms with van der Waals surface area (Å²) in [6.07, 6.45) is 2.12. The number of aromatic nitrogens is 3. The van der Waals surface area contributed by atoms with Crippen molar-refractivity contribution in [2.24, 2.45) is 5.92 Å². The molecule has 1 aromatic carbocycles. The van der Waals surface area contributed by atoms with E-state index < -0.39 is 29.7 Å². The standard InChI is InChI=1S/C32H40FN7O4/c1-18(2)25-16-38(32(44)28-21(5)37-40-20(4)14-19(3)35-29(28)40)17-27(41)34-12-6-8-22-10-11-24(33)23(15-22)31(43)39-13-7-9-26(39)30(42)36-25/h10-11,14-15,18,25-26H,6-9,12-13,16-17H2,1-5H3,(H,34,41)(H,36,42)/t25-,26-/m0/s1. The van der Waals surface area contributed by atoms with Crippen molar-refractivity contribution in [1.29, 1.82) is 0 Å². The van der Waals surface area contributed by atoms with Gasteiger partial charge in [-0.05, 0) is 76.1 Å². The molecule has 4 heterocycles. The third-order valence-corrected chi connectivity index (χ3v) is 8.50. The molecule has 5 rings (SSSR count). The lowest BCUT2D eigenvalue weighted by molar-refractivity contribution is -0.126. The number of hydrogen-bond acceptors (Lipinski definition) is 6. The lowest BCUT2D eigenvalue weighted by atomic mass is 10.0. The van der Waals surface area contributed by atoms with Gasteiger partial charge in [-0.25, -0.2) is 13.9 Å². The quantitative estimate of drug-likeness (QED) is 0.462. The van der Waals surface area contributed by atoms with E-state index in [2.05, 4.69) is 20.7 Å². The van der Waals surface area contributed by atoms with Crippen molar-refractivity contribution in [2.45, 2.75) is 72.4 Å². The number of hydrogen-bond donors (Lipinski definition) is 2. The Morgan fingerprint density at radius 1 is 1.09 bits per heavy atom. The topological polar surface area (TPSA) is 129 Å². The Morgan fingerprint density at radius 2 is 1.86 bits per heavy atom. The Labute approximate surface area is 256 Å². The number of nitrogens with one attached hydrogen (secondary N) is 2. The van der Waals surface area contributed by atoms with Crippen LogP contribution in [0.3, 0.4) is 0 Å². The van der Waals surface area contributed by atoms with E-state index in [9.17, 15) is 23.6 Å². The summed E-state index contributed by atoms with van der Waals surface area (Å²) in [5.74, 6) is -2.39. The van der Waals surface area contributed by atoms with E-state index in [0.29, 0.717) is 55.7 Å². The minimum atomic E-state index is -0.771. The van der Waals surface area contributed by atoms with Gasteiger partial charge in [0, 0.05) is 37.1 Å². The molecule has 0 unspecified atom stereocenters. The fourth-order valence-corrected chi connectivity index (χ4v) is 6.07. The molecule has 2 bridgehead atoms. The van der Waals surface area contributed by atoms with Gasteiger partial charge in [-0.1, -0.05) is 19.9 Å². The fraction of sp³-hybridized carbons (Fsp3) is 0.500. The molecule has 2 N–H and O–H groups in total. The maximum absolute atomic E-state index is 14.8. The largest absolute Gasteiger partial charge is 0.355 e. The average Bonchev–Trinajstić information content (AvgIpc) is 3.59. The van der Waals surface area contributed by atoms with Gasteiger partial charge in [0.05, 0.1) is 17.8 Å². The maximum atomic E-state index is 14.8. The molecule has 12 heteroatoms. The van der Waals surface area contributed by atoms with Crippen LogP contribution >= 0.6 is 0 Å². The maximum Gasteiger partial charge on any atom is 0.260 e. The molecule has 0 spiro atoms. The monoisotopic (exact) mass is 605 g/mol. The highest BCUT2D eigenvalue weighted by atomic mass is 19.1. The number of aryl methyl sites for hydroxylation is 4. The molecule has 2 aromatic heterocycles. The summed E-state index contributed by atoms with van der Waals surface area (Å²) in [4.78, 5) is 62.1. The van der Waals surface area contributed by atoms with Crippen LogP contribution in [0.25, 0.3) is 5.65 Å². The van der Waals surface area contributed by atoms with Gasteiger partial charge in [-0.15, -0.1) is 0 Å². The van der Waals surface area contributed by atoms with E-state index in [4.69, 9.17) is 0 Å². The van der Waals surface area contributed by atoms with Crippen molar-refractivity contribution in [3.05, 3.63) is 63.9 Å². The first-order valence-corrected chi connectivity index (χ1v) is 15.2. The van der Waals surface area contributed by atoms with E-state index in [0.717, 1.165) is 17.0 Å². The molecule has 2 aliphatic rings. The predicted molar refractivity (Wildman–Crippen MR) is 162 cm³/mol. The number of rotatable bonds is 2. The van der Waals surface area contributed by atoms with E-state index >= 15 is 0 Å². The number of carbonyl (C=O) groups is 4. The van der Waals surface area contributed by atoms with Crippen LogP contribution in [0.2, 0.25) is 0 Å². The Morgan fingerprint density at radius 3 is 2.61 bits per heavy atom. The molecule has 3 aromatic rings. The summed E-state index contributed by atoms with van der Waals surface area (Å²) in [6, 6.07) is 5.01. The van der Waals surface area contributed by atoms with Crippen molar-refractivity contribution < 1.29 is 23.6 Å². The average molecular weight is 606 g/mol. The van der Waals surface area contributed by atoms with E-state index in [-0.39, 0.29) is 36.4 Å². The summed E-state index contributed by atoms with van der Waals surface area (Å²) >= 11 is 0. The van der Waals surface area contributed by atoms with Crippen LogP contribution < -0.4 is 10.6 Å². The van der Waals surface area contributed by atoms with Crippen LogP contribution in [0.15, 0.2) is 24.3 Å². The van der Waals surface area contributed by atoms with Gasteiger partial charge < -0.3 is 20.4 Å².